The van der Waals surface area contributed by atoms with Gasteiger partial charge >= 0.3 is 0 Å². The maximum absolute atomic E-state index is 3.61. The lowest BCUT2D eigenvalue weighted by atomic mass is 10.1. The molecule has 0 aliphatic rings. The third-order valence-electron chi connectivity index (χ3n) is 2.67. The van der Waals surface area contributed by atoms with E-state index in [0.29, 0.717) is 0 Å². The standard InChI is InChI=1S/C13H9BrS2/c1-8-9-4-2-3-5-11(9)16-12(8)13-10(14)6-7-15-13/h2-7H,1H3. The van der Waals surface area contributed by atoms with E-state index in [9.17, 15) is 0 Å². The number of aryl methyl sites for hydroxylation is 1. The van der Waals surface area contributed by atoms with Crippen LogP contribution in [0.5, 0.6) is 0 Å². The Kier molecular flexibility index (Phi) is 2.62. The molecule has 16 heavy (non-hydrogen) atoms. The molecule has 0 nitrogen and oxygen atoms in total. The van der Waals surface area contributed by atoms with Gasteiger partial charge in [-0.3, -0.25) is 0 Å². The quantitative estimate of drug-likeness (QED) is 0.541. The highest BCUT2D eigenvalue weighted by Gasteiger charge is 2.13. The van der Waals surface area contributed by atoms with Gasteiger partial charge in [-0.05, 0) is 51.3 Å². The Bertz CT molecular complexity index is 649. The van der Waals surface area contributed by atoms with Crippen LogP contribution in [0.4, 0.5) is 0 Å². The Morgan fingerprint density at radius 1 is 1.06 bits per heavy atom. The number of benzene rings is 1. The molecule has 0 N–H and O–H groups in total. The maximum atomic E-state index is 3.61. The molecule has 0 saturated carbocycles. The van der Waals surface area contributed by atoms with E-state index in [2.05, 4.69) is 58.6 Å². The van der Waals surface area contributed by atoms with E-state index in [-0.39, 0.29) is 0 Å². The van der Waals surface area contributed by atoms with Gasteiger partial charge in [-0.15, -0.1) is 22.7 Å². The zero-order chi connectivity index (χ0) is 11.1. The maximum Gasteiger partial charge on any atom is 0.0587 e. The number of thiophene rings is 2. The first-order chi connectivity index (χ1) is 7.77. The van der Waals surface area contributed by atoms with Crippen molar-refractivity contribution < 1.29 is 0 Å². The molecule has 2 aromatic heterocycles. The fraction of sp³-hybridized carbons (Fsp3) is 0.0769. The molecule has 80 valence electrons. The lowest BCUT2D eigenvalue weighted by Crippen LogP contribution is -1.72. The van der Waals surface area contributed by atoms with E-state index in [1.165, 1.54) is 29.9 Å². The highest BCUT2D eigenvalue weighted by molar-refractivity contribution is 9.10. The molecule has 0 fully saturated rings. The molecule has 0 amide bonds. The Labute approximate surface area is 111 Å². The van der Waals surface area contributed by atoms with Gasteiger partial charge in [0.25, 0.3) is 0 Å². The predicted octanol–water partition coefficient (Wildman–Crippen LogP) is 5.70. The summed E-state index contributed by atoms with van der Waals surface area (Å²) in [6.45, 7) is 2.21. The first-order valence-corrected chi connectivity index (χ1v) is 7.48. The normalized spacial score (nSPS) is 11.1. The van der Waals surface area contributed by atoms with Gasteiger partial charge in [-0.1, -0.05) is 18.2 Å². The summed E-state index contributed by atoms with van der Waals surface area (Å²) < 4.78 is 2.57. The molecule has 0 saturated heterocycles. The first-order valence-electron chi connectivity index (χ1n) is 4.99. The summed E-state index contributed by atoms with van der Waals surface area (Å²) in [5.41, 5.74) is 1.39. The summed E-state index contributed by atoms with van der Waals surface area (Å²) >= 11 is 7.28. The molecule has 2 heterocycles. The second-order valence-corrected chi connectivity index (χ2v) is 6.47. The average molecular weight is 309 g/mol. The van der Waals surface area contributed by atoms with Gasteiger partial charge in [-0.2, -0.15) is 0 Å². The monoisotopic (exact) mass is 308 g/mol. The topological polar surface area (TPSA) is 0 Å². The Morgan fingerprint density at radius 2 is 1.88 bits per heavy atom. The minimum atomic E-state index is 1.20. The molecular formula is C13H9BrS2. The van der Waals surface area contributed by atoms with Crippen molar-refractivity contribution >= 4 is 48.7 Å². The Hall–Kier alpha value is -0.640. The van der Waals surface area contributed by atoms with Crippen LogP contribution in [0.25, 0.3) is 19.8 Å². The molecule has 0 unspecified atom stereocenters. The second kappa shape index (κ2) is 3.99. The number of hydrogen-bond acceptors (Lipinski definition) is 2. The van der Waals surface area contributed by atoms with Gasteiger partial charge in [0.1, 0.15) is 0 Å². The molecule has 3 heteroatoms. The van der Waals surface area contributed by atoms with Crippen molar-refractivity contribution in [1.82, 2.24) is 0 Å². The number of fused-ring (bicyclic) bond motifs is 1. The predicted molar refractivity (Wildman–Crippen MR) is 77.6 cm³/mol. The third kappa shape index (κ3) is 1.54. The molecule has 1 aromatic carbocycles. The highest BCUT2D eigenvalue weighted by atomic mass is 79.9. The van der Waals surface area contributed by atoms with E-state index in [1.54, 1.807) is 11.3 Å². The lowest BCUT2D eigenvalue weighted by molar-refractivity contribution is 1.59. The van der Waals surface area contributed by atoms with Crippen LogP contribution in [0.2, 0.25) is 0 Å². The summed E-state index contributed by atoms with van der Waals surface area (Å²) in [5.74, 6) is 0. The molecule has 0 atom stereocenters. The van der Waals surface area contributed by atoms with Gasteiger partial charge in [0, 0.05) is 14.0 Å². The fourth-order valence-electron chi connectivity index (χ4n) is 1.85. The van der Waals surface area contributed by atoms with Crippen LogP contribution in [0.3, 0.4) is 0 Å². The van der Waals surface area contributed by atoms with Crippen LogP contribution < -0.4 is 0 Å². The van der Waals surface area contributed by atoms with Crippen molar-refractivity contribution in [3.63, 3.8) is 0 Å². The van der Waals surface area contributed by atoms with Gasteiger partial charge < -0.3 is 0 Å². The number of rotatable bonds is 1. The minimum Gasteiger partial charge on any atom is -0.142 e. The molecule has 0 radical (unpaired) electrons. The Balaban J connectivity index is 2.33. The van der Waals surface area contributed by atoms with Crippen molar-refractivity contribution in [2.45, 2.75) is 6.92 Å². The molecule has 0 aliphatic heterocycles. The van der Waals surface area contributed by atoms with Crippen LogP contribution in [-0.2, 0) is 0 Å². The number of hydrogen-bond donors (Lipinski definition) is 0. The summed E-state index contributed by atoms with van der Waals surface area (Å²) in [6.07, 6.45) is 0. The highest BCUT2D eigenvalue weighted by Crippen LogP contribution is 2.43. The summed E-state index contributed by atoms with van der Waals surface area (Å²) in [4.78, 5) is 2.74. The van der Waals surface area contributed by atoms with Gasteiger partial charge in [-0.25, -0.2) is 0 Å². The van der Waals surface area contributed by atoms with Crippen molar-refractivity contribution in [1.29, 1.82) is 0 Å². The molecule has 0 spiro atoms. The second-order valence-electron chi connectivity index (χ2n) is 3.65. The number of halogens is 1. The van der Waals surface area contributed by atoms with Crippen LogP contribution in [0.1, 0.15) is 5.56 Å². The summed E-state index contributed by atoms with van der Waals surface area (Å²) in [5, 5.41) is 3.51. The van der Waals surface area contributed by atoms with Gasteiger partial charge in [0.2, 0.25) is 0 Å². The van der Waals surface area contributed by atoms with Crippen LogP contribution in [0.15, 0.2) is 40.2 Å². The third-order valence-corrected chi connectivity index (χ3v) is 5.94. The lowest BCUT2D eigenvalue weighted by Gasteiger charge is -1.96. The molecule has 0 bridgehead atoms. The zero-order valence-corrected chi connectivity index (χ0v) is 11.9. The zero-order valence-electron chi connectivity index (χ0n) is 8.66. The largest absolute Gasteiger partial charge is 0.142 e. The van der Waals surface area contributed by atoms with Crippen molar-refractivity contribution in [3.05, 3.63) is 45.7 Å². The van der Waals surface area contributed by atoms with Crippen molar-refractivity contribution in [3.8, 4) is 9.75 Å². The summed E-state index contributed by atoms with van der Waals surface area (Å²) in [6, 6.07) is 10.7. The SMILES string of the molecule is Cc1c(-c2sccc2Br)sc2ccccc12. The molecule has 0 aliphatic carbocycles. The van der Waals surface area contributed by atoms with Crippen molar-refractivity contribution in [2.75, 3.05) is 0 Å². The van der Waals surface area contributed by atoms with Gasteiger partial charge in [0.05, 0.1) is 4.88 Å². The minimum absolute atomic E-state index is 1.20. The van der Waals surface area contributed by atoms with E-state index >= 15 is 0 Å². The first kappa shape index (κ1) is 10.5. The fourth-order valence-corrected chi connectivity index (χ4v) is 4.98. The van der Waals surface area contributed by atoms with E-state index in [0.717, 1.165) is 0 Å². The summed E-state index contributed by atoms with van der Waals surface area (Å²) in [7, 11) is 0. The van der Waals surface area contributed by atoms with Crippen LogP contribution in [0, 0.1) is 6.92 Å². The van der Waals surface area contributed by atoms with Crippen LogP contribution >= 0.6 is 38.6 Å². The molecule has 3 aromatic rings. The average Bonchev–Trinajstić information content (AvgIpc) is 2.84. The Morgan fingerprint density at radius 3 is 2.56 bits per heavy atom. The molecular weight excluding hydrogens is 300 g/mol. The smallest absolute Gasteiger partial charge is 0.0587 e. The van der Waals surface area contributed by atoms with E-state index in [4.69, 9.17) is 0 Å². The van der Waals surface area contributed by atoms with Gasteiger partial charge in [0.15, 0.2) is 0 Å². The molecule has 3 rings (SSSR count). The van der Waals surface area contributed by atoms with E-state index < -0.39 is 0 Å². The van der Waals surface area contributed by atoms with Crippen molar-refractivity contribution in [2.24, 2.45) is 0 Å². The van der Waals surface area contributed by atoms with E-state index in [1.807, 2.05) is 11.3 Å². The van der Waals surface area contributed by atoms with Crippen LogP contribution in [-0.4, -0.2) is 0 Å².